The third kappa shape index (κ3) is 2.84. The Morgan fingerprint density at radius 1 is 1.44 bits per heavy atom. The number of aliphatic hydroxyl groups excluding tert-OH is 1. The summed E-state index contributed by atoms with van der Waals surface area (Å²) in [4.78, 5) is 0. The van der Waals surface area contributed by atoms with E-state index in [1.165, 1.54) is 5.56 Å². The van der Waals surface area contributed by atoms with E-state index >= 15 is 0 Å². The standard InChI is InChI=1S/C13H18BrNO/c1-9(10-4-2-5-11(14)8-10)15-12-6-3-7-13(12)16/h2,4-5,8-9,12-13,15-16H,3,6-7H2,1H3/t9-,12?,13?/m0/s1. The van der Waals surface area contributed by atoms with E-state index < -0.39 is 0 Å². The number of rotatable bonds is 3. The molecule has 0 saturated heterocycles. The highest BCUT2D eigenvalue weighted by Crippen LogP contribution is 2.23. The van der Waals surface area contributed by atoms with E-state index in [4.69, 9.17) is 0 Å². The van der Waals surface area contributed by atoms with Crippen LogP contribution in [0.3, 0.4) is 0 Å². The van der Waals surface area contributed by atoms with E-state index in [9.17, 15) is 5.11 Å². The average Bonchev–Trinajstić information content (AvgIpc) is 2.64. The average molecular weight is 284 g/mol. The van der Waals surface area contributed by atoms with Gasteiger partial charge in [-0.1, -0.05) is 28.1 Å². The predicted molar refractivity (Wildman–Crippen MR) is 69.3 cm³/mol. The normalized spacial score (nSPS) is 26.9. The molecule has 1 fully saturated rings. The second-order valence-corrected chi connectivity index (χ2v) is 5.46. The first-order valence-electron chi connectivity index (χ1n) is 5.86. The fourth-order valence-corrected chi connectivity index (χ4v) is 2.75. The van der Waals surface area contributed by atoms with Crippen LogP contribution in [-0.4, -0.2) is 17.3 Å². The zero-order chi connectivity index (χ0) is 11.5. The SMILES string of the molecule is C[C@H](NC1CCCC1O)c1cccc(Br)c1. The van der Waals surface area contributed by atoms with Crippen LogP contribution in [0.2, 0.25) is 0 Å². The van der Waals surface area contributed by atoms with Gasteiger partial charge in [0, 0.05) is 16.6 Å². The van der Waals surface area contributed by atoms with Crippen molar-refractivity contribution >= 4 is 15.9 Å². The van der Waals surface area contributed by atoms with Gasteiger partial charge in [-0.25, -0.2) is 0 Å². The highest BCUT2D eigenvalue weighted by atomic mass is 79.9. The van der Waals surface area contributed by atoms with Crippen molar-refractivity contribution in [1.82, 2.24) is 5.32 Å². The van der Waals surface area contributed by atoms with Crippen molar-refractivity contribution in [2.75, 3.05) is 0 Å². The van der Waals surface area contributed by atoms with Crippen LogP contribution < -0.4 is 5.32 Å². The maximum absolute atomic E-state index is 9.77. The van der Waals surface area contributed by atoms with Crippen molar-refractivity contribution in [3.63, 3.8) is 0 Å². The Hall–Kier alpha value is -0.380. The quantitative estimate of drug-likeness (QED) is 0.894. The zero-order valence-electron chi connectivity index (χ0n) is 9.49. The molecule has 88 valence electrons. The number of nitrogens with one attached hydrogen (secondary N) is 1. The van der Waals surface area contributed by atoms with Crippen LogP contribution in [0.15, 0.2) is 28.7 Å². The summed E-state index contributed by atoms with van der Waals surface area (Å²) in [6.45, 7) is 2.15. The topological polar surface area (TPSA) is 32.3 Å². The van der Waals surface area contributed by atoms with E-state index in [-0.39, 0.29) is 18.2 Å². The molecule has 3 atom stereocenters. The molecule has 1 aliphatic rings. The largest absolute Gasteiger partial charge is 0.392 e. The van der Waals surface area contributed by atoms with Gasteiger partial charge in [-0.05, 0) is 43.9 Å². The molecule has 0 radical (unpaired) electrons. The molecule has 1 aliphatic carbocycles. The second kappa shape index (κ2) is 5.30. The van der Waals surface area contributed by atoms with Crippen molar-refractivity contribution in [3.05, 3.63) is 34.3 Å². The summed E-state index contributed by atoms with van der Waals surface area (Å²) >= 11 is 3.48. The minimum atomic E-state index is -0.172. The first kappa shape index (κ1) is 12.1. The second-order valence-electron chi connectivity index (χ2n) is 4.55. The van der Waals surface area contributed by atoms with Crippen molar-refractivity contribution in [2.45, 2.75) is 44.4 Å². The molecule has 2 nitrogen and oxygen atoms in total. The fraction of sp³-hybridized carbons (Fsp3) is 0.538. The Kier molecular flexibility index (Phi) is 4.00. The van der Waals surface area contributed by atoms with Gasteiger partial charge < -0.3 is 10.4 Å². The monoisotopic (exact) mass is 283 g/mol. The molecule has 0 aliphatic heterocycles. The summed E-state index contributed by atoms with van der Waals surface area (Å²) in [6, 6.07) is 8.86. The maximum Gasteiger partial charge on any atom is 0.0693 e. The molecule has 1 aromatic carbocycles. The molecule has 0 heterocycles. The van der Waals surface area contributed by atoms with Crippen LogP contribution in [0.4, 0.5) is 0 Å². The summed E-state index contributed by atoms with van der Waals surface area (Å²) < 4.78 is 1.10. The minimum absolute atomic E-state index is 0.172. The van der Waals surface area contributed by atoms with E-state index in [0.29, 0.717) is 0 Å². The molecule has 2 N–H and O–H groups in total. The summed E-state index contributed by atoms with van der Waals surface area (Å²) in [6.07, 6.45) is 2.97. The third-order valence-corrected chi connectivity index (χ3v) is 3.79. The zero-order valence-corrected chi connectivity index (χ0v) is 11.1. The number of hydrogen-bond acceptors (Lipinski definition) is 2. The van der Waals surface area contributed by atoms with Gasteiger partial charge in [0.2, 0.25) is 0 Å². The lowest BCUT2D eigenvalue weighted by Gasteiger charge is -2.22. The van der Waals surface area contributed by atoms with Gasteiger partial charge in [0.15, 0.2) is 0 Å². The molecule has 1 aromatic rings. The van der Waals surface area contributed by atoms with E-state index in [2.05, 4.69) is 40.3 Å². The Morgan fingerprint density at radius 2 is 2.25 bits per heavy atom. The van der Waals surface area contributed by atoms with Crippen molar-refractivity contribution < 1.29 is 5.11 Å². The molecule has 0 aromatic heterocycles. The molecular weight excluding hydrogens is 266 g/mol. The lowest BCUT2D eigenvalue weighted by atomic mass is 10.1. The van der Waals surface area contributed by atoms with E-state index in [1.807, 2.05) is 12.1 Å². The Balaban J connectivity index is 1.99. The smallest absolute Gasteiger partial charge is 0.0693 e. The Morgan fingerprint density at radius 3 is 2.88 bits per heavy atom. The van der Waals surface area contributed by atoms with Crippen molar-refractivity contribution in [1.29, 1.82) is 0 Å². The van der Waals surface area contributed by atoms with Crippen molar-refractivity contribution in [2.24, 2.45) is 0 Å². The van der Waals surface area contributed by atoms with Crippen molar-refractivity contribution in [3.8, 4) is 0 Å². The van der Waals surface area contributed by atoms with Gasteiger partial charge in [-0.3, -0.25) is 0 Å². The maximum atomic E-state index is 9.77. The lowest BCUT2D eigenvalue weighted by Crippen LogP contribution is -2.37. The van der Waals surface area contributed by atoms with E-state index in [0.717, 1.165) is 23.7 Å². The Labute approximate surface area is 105 Å². The van der Waals surface area contributed by atoms with Crippen LogP contribution in [-0.2, 0) is 0 Å². The van der Waals surface area contributed by atoms with Gasteiger partial charge in [0.1, 0.15) is 0 Å². The number of halogens is 1. The summed E-state index contributed by atoms with van der Waals surface area (Å²) in [5.74, 6) is 0. The Bertz CT molecular complexity index is 356. The van der Waals surface area contributed by atoms with Gasteiger partial charge in [-0.15, -0.1) is 0 Å². The van der Waals surface area contributed by atoms with Crippen LogP contribution in [0.5, 0.6) is 0 Å². The summed E-state index contributed by atoms with van der Waals surface area (Å²) in [7, 11) is 0. The number of benzene rings is 1. The van der Waals surface area contributed by atoms with Crippen LogP contribution in [0, 0.1) is 0 Å². The molecule has 0 spiro atoms. The predicted octanol–water partition coefficient (Wildman–Crippen LogP) is 3.01. The van der Waals surface area contributed by atoms with Gasteiger partial charge in [-0.2, -0.15) is 0 Å². The molecule has 0 bridgehead atoms. The molecule has 3 heteroatoms. The number of hydrogen-bond donors (Lipinski definition) is 2. The lowest BCUT2D eigenvalue weighted by molar-refractivity contribution is 0.144. The first-order chi connectivity index (χ1) is 7.66. The van der Waals surface area contributed by atoms with E-state index in [1.54, 1.807) is 0 Å². The highest BCUT2D eigenvalue weighted by Gasteiger charge is 2.26. The highest BCUT2D eigenvalue weighted by molar-refractivity contribution is 9.10. The van der Waals surface area contributed by atoms with Gasteiger partial charge >= 0.3 is 0 Å². The van der Waals surface area contributed by atoms with Crippen LogP contribution in [0.25, 0.3) is 0 Å². The molecule has 16 heavy (non-hydrogen) atoms. The van der Waals surface area contributed by atoms with Gasteiger partial charge in [0.05, 0.1) is 6.10 Å². The fourth-order valence-electron chi connectivity index (χ4n) is 2.33. The minimum Gasteiger partial charge on any atom is -0.392 e. The third-order valence-electron chi connectivity index (χ3n) is 3.29. The summed E-state index contributed by atoms with van der Waals surface area (Å²) in [5, 5.41) is 13.3. The molecule has 1 saturated carbocycles. The number of aliphatic hydroxyl groups is 1. The molecule has 2 rings (SSSR count). The molecular formula is C13H18BrNO. The van der Waals surface area contributed by atoms with Crippen LogP contribution >= 0.6 is 15.9 Å². The van der Waals surface area contributed by atoms with Gasteiger partial charge in [0.25, 0.3) is 0 Å². The first-order valence-corrected chi connectivity index (χ1v) is 6.65. The molecule has 0 amide bonds. The summed E-state index contributed by atoms with van der Waals surface area (Å²) in [5.41, 5.74) is 1.26. The molecule has 2 unspecified atom stereocenters. The van der Waals surface area contributed by atoms with Crippen LogP contribution in [0.1, 0.15) is 37.8 Å².